The molecule has 0 spiro atoms. The molecular weight excluding hydrogens is 428 g/mol. The number of aromatic nitrogens is 4. The van der Waals surface area contributed by atoms with Crippen LogP contribution in [0.2, 0.25) is 0 Å². The maximum absolute atomic E-state index is 5.28. The van der Waals surface area contributed by atoms with Crippen LogP contribution in [0.25, 0.3) is 60.6 Å². The molecule has 2 aliphatic carbocycles. The molecule has 4 heterocycles. The van der Waals surface area contributed by atoms with Crippen LogP contribution in [0.3, 0.4) is 0 Å². The van der Waals surface area contributed by atoms with Gasteiger partial charge in [0.25, 0.3) is 0 Å². The van der Waals surface area contributed by atoms with Gasteiger partial charge in [0.1, 0.15) is 5.65 Å². The number of hydrogen-bond acceptors (Lipinski definition) is 3. The summed E-state index contributed by atoms with van der Waals surface area (Å²) in [6, 6.07) is 22.2. The molecule has 3 aromatic carbocycles. The molecule has 0 aliphatic heterocycles. The van der Waals surface area contributed by atoms with Crippen molar-refractivity contribution in [1.82, 2.24) is 19.4 Å². The lowest BCUT2D eigenvalue weighted by Gasteiger charge is -2.09. The van der Waals surface area contributed by atoms with E-state index in [-0.39, 0.29) is 0 Å². The van der Waals surface area contributed by atoms with Crippen molar-refractivity contribution >= 4 is 38.4 Å². The summed E-state index contributed by atoms with van der Waals surface area (Å²) in [5, 5.41) is 3.40. The fourth-order valence-corrected chi connectivity index (χ4v) is 6.57. The zero-order chi connectivity index (χ0) is 22.7. The molecule has 7 aromatic rings. The molecule has 0 N–H and O–H groups in total. The minimum Gasteiger partial charge on any atom is -0.290 e. The molecule has 0 saturated heterocycles. The first-order chi connectivity index (χ1) is 17.4. The number of nitrogens with zero attached hydrogens (tertiary/aromatic N) is 4. The molecule has 0 saturated carbocycles. The molecule has 0 radical (unpaired) electrons. The quantitative estimate of drug-likeness (QED) is 0.243. The Bertz CT molecular complexity index is 2070. The van der Waals surface area contributed by atoms with Gasteiger partial charge in [-0.2, -0.15) is 0 Å². The van der Waals surface area contributed by atoms with Crippen LogP contribution in [0.4, 0.5) is 0 Å². The first-order valence-electron chi connectivity index (χ1n) is 12.0. The predicted molar refractivity (Wildman–Crippen MR) is 140 cm³/mol. The maximum atomic E-state index is 5.28. The lowest BCUT2D eigenvalue weighted by atomic mass is 9.95. The van der Waals surface area contributed by atoms with E-state index in [0.717, 1.165) is 45.8 Å². The summed E-state index contributed by atoms with van der Waals surface area (Å²) in [7, 11) is 0. The van der Waals surface area contributed by atoms with Gasteiger partial charge in [-0.15, -0.1) is 0 Å². The number of fused-ring (bicyclic) bond motifs is 16. The molecule has 162 valence electrons. The van der Waals surface area contributed by atoms with Crippen molar-refractivity contribution in [2.24, 2.45) is 0 Å². The van der Waals surface area contributed by atoms with Crippen molar-refractivity contribution in [3.8, 4) is 22.3 Å². The second kappa shape index (κ2) is 6.10. The number of benzene rings is 3. The van der Waals surface area contributed by atoms with Gasteiger partial charge in [-0.1, -0.05) is 42.5 Å². The number of hydrogen-bond donors (Lipinski definition) is 0. The van der Waals surface area contributed by atoms with Gasteiger partial charge in [0.05, 0.1) is 22.7 Å². The van der Waals surface area contributed by atoms with E-state index >= 15 is 0 Å². The van der Waals surface area contributed by atoms with Gasteiger partial charge < -0.3 is 0 Å². The molecule has 4 nitrogen and oxygen atoms in total. The van der Waals surface area contributed by atoms with E-state index < -0.39 is 0 Å². The minimum atomic E-state index is 0.912. The summed E-state index contributed by atoms with van der Waals surface area (Å²) in [5.41, 5.74) is 15.4. The summed E-state index contributed by atoms with van der Waals surface area (Å²) in [6.07, 6.45) is 9.55. The molecule has 4 aromatic heterocycles. The van der Waals surface area contributed by atoms with Crippen molar-refractivity contribution in [3.05, 3.63) is 108 Å². The van der Waals surface area contributed by atoms with Crippen molar-refractivity contribution in [3.63, 3.8) is 0 Å². The highest BCUT2D eigenvalue weighted by atomic mass is 15.0. The molecule has 0 bridgehead atoms. The molecule has 0 unspecified atom stereocenters. The number of pyridine rings is 3. The zero-order valence-corrected chi connectivity index (χ0v) is 18.8. The summed E-state index contributed by atoms with van der Waals surface area (Å²) in [4.78, 5) is 14.2. The smallest absolute Gasteiger partial charge is 0.148 e. The van der Waals surface area contributed by atoms with E-state index in [4.69, 9.17) is 4.98 Å². The fraction of sp³-hybridized carbons (Fsp3) is 0.0645. The third kappa shape index (κ3) is 2.11. The van der Waals surface area contributed by atoms with Crippen molar-refractivity contribution in [2.75, 3.05) is 0 Å². The van der Waals surface area contributed by atoms with Gasteiger partial charge in [-0.3, -0.25) is 14.4 Å². The first-order valence-corrected chi connectivity index (χ1v) is 12.0. The Balaban J connectivity index is 1.39. The second-order valence-electron chi connectivity index (χ2n) is 9.68. The minimum absolute atomic E-state index is 0.912. The lowest BCUT2D eigenvalue weighted by molar-refractivity contribution is 1.24. The molecule has 2 aliphatic rings. The van der Waals surface area contributed by atoms with Crippen LogP contribution < -0.4 is 0 Å². The topological polar surface area (TPSA) is 43.1 Å². The summed E-state index contributed by atoms with van der Waals surface area (Å²) < 4.78 is 2.27. The van der Waals surface area contributed by atoms with E-state index in [1.807, 2.05) is 24.8 Å². The van der Waals surface area contributed by atoms with Gasteiger partial charge in [0, 0.05) is 35.8 Å². The Morgan fingerprint density at radius 2 is 1.43 bits per heavy atom. The van der Waals surface area contributed by atoms with E-state index in [1.165, 1.54) is 49.9 Å². The number of imidazole rings is 1. The first kappa shape index (κ1) is 17.8. The average molecular weight is 447 g/mol. The molecule has 0 amide bonds. The zero-order valence-electron chi connectivity index (χ0n) is 18.8. The van der Waals surface area contributed by atoms with Crippen molar-refractivity contribution in [2.45, 2.75) is 12.8 Å². The van der Waals surface area contributed by atoms with Crippen molar-refractivity contribution < 1.29 is 0 Å². The van der Waals surface area contributed by atoms with E-state index in [9.17, 15) is 0 Å². The molecule has 4 heteroatoms. The van der Waals surface area contributed by atoms with E-state index in [0.29, 0.717) is 0 Å². The molecule has 0 atom stereocenters. The largest absolute Gasteiger partial charge is 0.290 e. The van der Waals surface area contributed by atoms with Crippen LogP contribution in [-0.4, -0.2) is 19.4 Å². The lowest BCUT2D eigenvalue weighted by Crippen LogP contribution is -1.92. The van der Waals surface area contributed by atoms with Crippen LogP contribution in [0, 0.1) is 0 Å². The normalized spacial score (nSPS) is 13.5. The van der Waals surface area contributed by atoms with Gasteiger partial charge in [0.2, 0.25) is 0 Å². The Hall–Kier alpha value is -4.57. The Kier molecular flexibility index (Phi) is 3.11. The maximum Gasteiger partial charge on any atom is 0.148 e. The van der Waals surface area contributed by atoms with Gasteiger partial charge in [-0.05, 0) is 74.5 Å². The van der Waals surface area contributed by atoms with Gasteiger partial charge in [0.15, 0.2) is 0 Å². The second-order valence-corrected chi connectivity index (χ2v) is 9.68. The van der Waals surface area contributed by atoms with Crippen LogP contribution in [0.5, 0.6) is 0 Å². The highest BCUT2D eigenvalue weighted by molar-refractivity contribution is 6.13. The Morgan fingerprint density at radius 1 is 0.600 bits per heavy atom. The van der Waals surface area contributed by atoms with Gasteiger partial charge in [-0.25, -0.2) is 4.98 Å². The third-order valence-electron chi connectivity index (χ3n) is 8.04. The summed E-state index contributed by atoms with van der Waals surface area (Å²) in [5.74, 6) is 0. The standard InChI is InChI=1S/C31H18N4/c1-2-4-19-17(3-1)13-18-5-6-20-21-7-8-27-30(25(21)14-24(20)29(18)19)34-31-26-15-32-11-9-22(26)23-10-12-33-16-28(23)35(27)31/h1-12,15-16H,13-14H2. The third-order valence-corrected chi connectivity index (χ3v) is 8.04. The van der Waals surface area contributed by atoms with Crippen LogP contribution >= 0.6 is 0 Å². The van der Waals surface area contributed by atoms with Crippen molar-refractivity contribution in [1.29, 1.82) is 0 Å². The SMILES string of the molecule is c1ccc2c(c1)Cc1ccc3c(c1-2)Cc1c-3ccc2c1nc1c3cnccc3c3ccncc3n21. The van der Waals surface area contributed by atoms with Gasteiger partial charge >= 0.3 is 0 Å². The highest BCUT2D eigenvalue weighted by Gasteiger charge is 2.30. The summed E-state index contributed by atoms with van der Waals surface area (Å²) in [6.45, 7) is 0. The van der Waals surface area contributed by atoms with Crippen LogP contribution in [-0.2, 0) is 12.8 Å². The predicted octanol–water partition coefficient (Wildman–Crippen LogP) is 6.73. The summed E-state index contributed by atoms with van der Waals surface area (Å²) >= 11 is 0. The molecule has 0 fully saturated rings. The molecule has 9 rings (SSSR count). The van der Waals surface area contributed by atoms with E-state index in [1.54, 1.807) is 0 Å². The molecular formula is C31H18N4. The highest BCUT2D eigenvalue weighted by Crippen LogP contribution is 2.49. The monoisotopic (exact) mass is 446 g/mol. The van der Waals surface area contributed by atoms with Crippen LogP contribution in [0.1, 0.15) is 22.3 Å². The number of rotatable bonds is 0. The van der Waals surface area contributed by atoms with E-state index in [2.05, 4.69) is 75.0 Å². The average Bonchev–Trinajstić information content (AvgIpc) is 3.59. The Morgan fingerprint density at radius 3 is 2.40 bits per heavy atom. The molecule has 35 heavy (non-hydrogen) atoms. The Labute approximate surface area is 200 Å². The van der Waals surface area contributed by atoms with Crippen LogP contribution in [0.15, 0.2) is 85.5 Å². The fourth-order valence-electron chi connectivity index (χ4n) is 6.57.